The third-order valence-corrected chi connectivity index (χ3v) is 4.60. The van der Waals surface area contributed by atoms with Gasteiger partial charge in [0.25, 0.3) is 0 Å². The average Bonchev–Trinajstić information content (AvgIpc) is 1.83. The van der Waals surface area contributed by atoms with Crippen molar-refractivity contribution >= 4 is 61.4 Å². The molecule has 0 radical (unpaired) electrons. The number of hydrogen-bond donors (Lipinski definition) is 0. The van der Waals surface area contributed by atoms with Crippen molar-refractivity contribution in [2.75, 3.05) is 0 Å². The van der Waals surface area contributed by atoms with Crippen molar-refractivity contribution < 1.29 is 0 Å². The minimum absolute atomic E-state index is 1.17. The van der Waals surface area contributed by atoms with Crippen LogP contribution < -0.4 is 13.4 Å². The molecule has 0 fully saturated rings. The standard InChI is InChI=1S/C6H6Se3/c7-4-2-1-3-5(8)6(4)9/h1-3,7-9H/p-3. The second-order valence-corrected chi connectivity index (χ2v) is 4.29. The molecule has 0 saturated heterocycles. The van der Waals surface area contributed by atoms with E-state index in [2.05, 4.69) is 48.0 Å². The van der Waals surface area contributed by atoms with E-state index < -0.39 is 0 Å². The zero-order valence-corrected chi connectivity index (χ0v) is 9.60. The molecule has 0 saturated carbocycles. The van der Waals surface area contributed by atoms with E-state index in [4.69, 9.17) is 0 Å². The molecule has 0 amide bonds. The molecule has 3 heteroatoms. The zero-order chi connectivity index (χ0) is 6.85. The maximum absolute atomic E-state index is 2.98. The first kappa shape index (κ1) is 7.88. The van der Waals surface area contributed by atoms with Crippen LogP contribution in [0.25, 0.3) is 0 Å². The predicted octanol–water partition coefficient (Wildman–Crippen LogP) is -1.93. The molecule has 1 aromatic carbocycles. The molecule has 0 aliphatic carbocycles. The fourth-order valence-electron chi connectivity index (χ4n) is 0.496. The van der Waals surface area contributed by atoms with Gasteiger partial charge in [0.1, 0.15) is 0 Å². The zero-order valence-electron chi connectivity index (χ0n) is 4.46. The van der Waals surface area contributed by atoms with E-state index in [0.29, 0.717) is 0 Å². The fourth-order valence-corrected chi connectivity index (χ4v) is 1.90. The van der Waals surface area contributed by atoms with Crippen molar-refractivity contribution in [3.8, 4) is 0 Å². The van der Waals surface area contributed by atoms with Crippen LogP contribution in [-0.4, -0.2) is 48.0 Å². The van der Waals surface area contributed by atoms with Crippen molar-refractivity contribution in [2.24, 2.45) is 0 Å². The van der Waals surface area contributed by atoms with Gasteiger partial charge in [0.2, 0.25) is 0 Å². The first-order valence-electron chi connectivity index (χ1n) is 2.36. The van der Waals surface area contributed by atoms with E-state index in [0.717, 1.165) is 0 Å². The minimum atomic E-state index is 1.17. The Labute approximate surface area is 79.2 Å². The molecule has 48 valence electrons. The van der Waals surface area contributed by atoms with Crippen LogP contribution in [0.2, 0.25) is 0 Å². The Morgan fingerprint density at radius 3 is 1.67 bits per heavy atom. The Kier molecular flexibility index (Phi) is 2.85. The molecule has 0 aliphatic heterocycles. The molecule has 0 N–H and O–H groups in total. The third-order valence-electron chi connectivity index (χ3n) is 0.943. The molecule has 0 nitrogen and oxygen atoms in total. The van der Waals surface area contributed by atoms with Gasteiger partial charge < -0.3 is 0 Å². The van der Waals surface area contributed by atoms with Crippen LogP contribution in [-0.2, 0) is 0 Å². The summed E-state index contributed by atoms with van der Waals surface area (Å²) >= 11 is 8.90. The average molecular weight is 312 g/mol. The summed E-state index contributed by atoms with van der Waals surface area (Å²) in [5.41, 5.74) is 0. The van der Waals surface area contributed by atoms with Crippen molar-refractivity contribution in [3.63, 3.8) is 0 Å². The van der Waals surface area contributed by atoms with Crippen LogP contribution >= 0.6 is 0 Å². The Morgan fingerprint density at radius 2 is 1.33 bits per heavy atom. The third kappa shape index (κ3) is 1.85. The van der Waals surface area contributed by atoms with Gasteiger partial charge in [0.05, 0.1) is 0 Å². The van der Waals surface area contributed by atoms with Gasteiger partial charge in [-0.2, -0.15) is 0 Å². The van der Waals surface area contributed by atoms with E-state index in [1.807, 2.05) is 18.2 Å². The Morgan fingerprint density at radius 1 is 0.889 bits per heavy atom. The predicted molar refractivity (Wildman–Crippen MR) is 42.6 cm³/mol. The van der Waals surface area contributed by atoms with Crippen molar-refractivity contribution in [1.82, 2.24) is 0 Å². The summed E-state index contributed by atoms with van der Waals surface area (Å²) in [6.45, 7) is 0. The molecule has 0 atom stereocenters. The maximum atomic E-state index is 2.98. The van der Waals surface area contributed by atoms with Crippen LogP contribution in [0.4, 0.5) is 0 Å². The summed E-state index contributed by atoms with van der Waals surface area (Å²) in [5, 5.41) is 0. The number of rotatable bonds is 0. The molecule has 1 aromatic rings. The van der Waals surface area contributed by atoms with Gasteiger partial charge in [-0.25, -0.2) is 0 Å². The summed E-state index contributed by atoms with van der Waals surface area (Å²) < 4.78 is 3.52. The number of hydrogen-bond acceptors (Lipinski definition) is 0. The summed E-state index contributed by atoms with van der Waals surface area (Å²) in [6.07, 6.45) is 0. The first-order valence-corrected chi connectivity index (χ1v) is 4.93. The fraction of sp³-hybridized carbons (Fsp3) is 0. The van der Waals surface area contributed by atoms with Crippen LogP contribution in [0.15, 0.2) is 18.2 Å². The monoisotopic (exact) mass is 315 g/mol. The molecule has 0 bridgehead atoms. The molecule has 9 heavy (non-hydrogen) atoms. The molecule has 0 aromatic heterocycles. The van der Waals surface area contributed by atoms with Gasteiger partial charge in [-0.1, -0.05) is 0 Å². The molecular formula is C6H3Se3-3. The summed E-state index contributed by atoms with van der Waals surface area (Å²) in [5.74, 6) is 0. The molecule has 1 rings (SSSR count). The number of benzene rings is 1. The molecule has 0 heterocycles. The van der Waals surface area contributed by atoms with Gasteiger partial charge in [-0.05, 0) is 0 Å². The van der Waals surface area contributed by atoms with Crippen LogP contribution in [0.5, 0.6) is 0 Å². The van der Waals surface area contributed by atoms with Gasteiger partial charge >= 0.3 is 79.6 Å². The van der Waals surface area contributed by atoms with Crippen LogP contribution in [0.3, 0.4) is 0 Å². The van der Waals surface area contributed by atoms with E-state index in [1.165, 1.54) is 13.4 Å². The van der Waals surface area contributed by atoms with Gasteiger partial charge in [0.15, 0.2) is 0 Å². The SMILES string of the molecule is [Se-]c1cccc([Se-])c1[Se-]. The van der Waals surface area contributed by atoms with Crippen molar-refractivity contribution in [3.05, 3.63) is 18.2 Å². The molecule has 0 spiro atoms. The quantitative estimate of drug-likeness (QED) is 0.490. The Balaban J connectivity index is 3.25. The van der Waals surface area contributed by atoms with E-state index in [-0.39, 0.29) is 0 Å². The second-order valence-electron chi connectivity index (χ2n) is 1.58. The van der Waals surface area contributed by atoms with E-state index in [9.17, 15) is 0 Å². The van der Waals surface area contributed by atoms with Crippen LogP contribution in [0.1, 0.15) is 0 Å². The topological polar surface area (TPSA) is 0 Å². The van der Waals surface area contributed by atoms with Crippen molar-refractivity contribution in [1.29, 1.82) is 0 Å². The summed E-state index contributed by atoms with van der Waals surface area (Å²) in [4.78, 5) is 0. The van der Waals surface area contributed by atoms with Gasteiger partial charge in [0, 0.05) is 0 Å². The summed E-state index contributed by atoms with van der Waals surface area (Å²) in [7, 11) is 0. The Hall–Kier alpha value is 0.778. The van der Waals surface area contributed by atoms with Crippen molar-refractivity contribution in [2.45, 2.75) is 0 Å². The first-order chi connectivity index (χ1) is 4.22. The Bertz CT molecular complexity index is 199. The van der Waals surface area contributed by atoms with Crippen LogP contribution in [0, 0.1) is 0 Å². The van der Waals surface area contributed by atoms with E-state index >= 15 is 0 Å². The summed E-state index contributed by atoms with van der Waals surface area (Å²) in [6, 6.07) is 6.08. The molecule has 0 aliphatic rings. The van der Waals surface area contributed by atoms with Gasteiger partial charge in [-0.3, -0.25) is 0 Å². The molecular weight excluding hydrogens is 309 g/mol. The normalized spacial score (nSPS) is 9.33. The second kappa shape index (κ2) is 3.25. The van der Waals surface area contributed by atoms with E-state index in [1.54, 1.807) is 0 Å². The van der Waals surface area contributed by atoms with Gasteiger partial charge in [-0.15, -0.1) is 0 Å². The molecule has 0 unspecified atom stereocenters.